The molecule has 0 saturated heterocycles. The van der Waals surface area contributed by atoms with Crippen molar-refractivity contribution >= 4 is 8.80 Å². The highest BCUT2D eigenvalue weighted by Gasteiger charge is 2.36. The first-order chi connectivity index (χ1) is 7.24. The third kappa shape index (κ3) is 6.24. The van der Waals surface area contributed by atoms with Gasteiger partial charge in [-0.25, -0.2) is 0 Å². The molecule has 15 heavy (non-hydrogen) atoms. The van der Waals surface area contributed by atoms with Crippen LogP contribution in [0.5, 0.6) is 0 Å². The van der Waals surface area contributed by atoms with E-state index in [1.54, 1.807) is 21.3 Å². The highest BCUT2D eigenvalue weighted by atomic mass is 28.4. The molecule has 92 valence electrons. The Kier molecular flexibility index (Phi) is 9.27. The summed E-state index contributed by atoms with van der Waals surface area (Å²) in [5.74, 6) is 0. The maximum absolute atomic E-state index is 5.38. The van der Waals surface area contributed by atoms with Crippen LogP contribution < -0.4 is 5.73 Å². The van der Waals surface area contributed by atoms with Gasteiger partial charge in [0.2, 0.25) is 0 Å². The summed E-state index contributed by atoms with van der Waals surface area (Å²) < 4.78 is 21.2. The Morgan fingerprint density at radius 2 is 1.47 bits per heavy atom. The fourth-order valence-electron chi connectivity index (χ4n) is 1.23. The first kappa shape index (κ1) is 15.0. The molecule has 0 fully saturated rings. The molecule has 0 heterocycles. The van der Waals surface area contributed by atoms with Gasteiger partial charge >= 0.3 is 8.80 Å². The van der Waals surface area contributed by atoms with E-state index in [-0.39, 0.29) is 0 Å². The SMILES string of the molecule is CO[Si](CCCOCCCN)(OC)OC. The molecule has 0 spiro atoms. The lowest BCUT2D eigenvalue weighted by Crippen LogP contribution is -2.42. The molecule has 0 aromatic carbocycles. The summed E-state index contributed by atoms with van der Waals surface area (Å²) in [4.78, 5) is 0. The van der Waals surface area contributed by atoms with E-state index in [4.69, 9.17) is 23.7 Å². The first-order valence-electron chi connectivity index (χ1n) is 5.18. The van der Waals surface area contributed by atoms with Crippen molar-refractivity contribution in [3.8, 4) is 0 Å². The Morgan fingerprint density at radius 3 is 1.93 bits per heavy atom. The maximum atomic E-state index is 5.38. The molecule has 0 atom stereocenters. The predicted molar refractivity (Wildman–Crippen MR) is 60.7 cm³/mol. The minimum Gasteiger partial charge on any atom is -0.381 e. The third-order valence-corrected chi connectivity index (χ3v) is 5.03. The molecule has 6 heteroatoms. The smallest absolute Gasteiger partial charge is 0.381 e. The van der Waals surface area contributed by atoms with Crippen LogP contribution >= 0.6 is 0 Å². The largest absolute Gasteiger partial charge is 0.500 e. The van der Waals surface area contributed by atoms with Crippen LogP contribution in [0.2, 0.25) is 6.04 Å². The van der Waals surface area contributed by atoms with Gasteiger partial charge in [-0.1, -0.05) is 0 Å². The molecule has 0 aromatic rings. The summed E-state index contributed by atoms with van der Waals surface area (Å²) in [6, 6.07) is 0.777. The van der Waals surface area contributed by atoms with Gasteiger partial charge < -0.3 is 23.7 Å². The molecule has 5 nitrogen and oxygen atoms in total. The molecule has 0 bridgehead atoms. The van der Waals surface area contributed by atoms with Crippen LogP contribution in [0.15, 0.2) is 0 Å². The summed E-state index contributed by atoms with van der Waals surface area (Å²) in [6.07, 6.45) is 1.79. The highest BCUT2D eigenvalue weighted by molar-refractivity contribution is 6.60. The molecule has 0 aliphatic heterocycles. The average molecular weight is 237 g/mol. The van der Waals surface area contributed by atoms with Crippen molar-refractivity contribution in [2.45, 2.75) is 18.9 Å². The van der Waals surface area contributed by atoms with E-state index < -0.39 is 8.80 Å². The number of rotatable bonds is 10. The van der Waals surface area contributed by atoms with E-state index in [0.29, 0.717) is 13.2 Å². The number of hydrogen-bond donors (Lipinski definition) is 1. The summed E-state index contributed by atoms with van der Waals surface area (Å²) in [5.41, 5.74) is 5.34. The highest BCUT2D eigenvalue weighted by Crippen LogP contribution is 2.14. The van der Waals surface area contributed by atoms with Crippen molar-refractivity contribution < 1.29 is 18.0 Å². The second-order valence-corrected chi connectivity index (χ2v) is 6.24. The van der Waals surface area contributed by atoms with Crippen LogP contribution in [0.25, 0.3) is 0 Å². The number of ether oxygens (including phenoxy) is 1. The molecule has 0 aliphatic rings. The lowest BCUT2D eigenvalue weighted by atomic mass is 10.4. The van der Waals surface area contributed by atoms with Gasteiger partial charge in [-0.15, -0.1) is 0 Å². The van der Waals surface area contributed by atoms with E-state index in [1.165, 1.54) is 0 Å². The van der Waals surface area contributed by atoms with Gasteiger partial charge in [-0.05, 0) is 19.4 Å². The second kappa shape index (κ2) is 9.26. The van der Waals surface area contributed by atoms with Crippen LogP contribution in [-0.2, 0) is 18.0 Å². The first-order valence-corrected chi connectivity index (χ1v) is 7.11. The van der Waals surface area contributed by atoms with Crippen LogP contribution in [-0.4, -0.2) is 49.9 Å². The van der Waals surface area contributed by atoms with Crippen LogP contribution in [0, 0.1) is 0 Å². The summed E-state index contributed by atoms with van der Waals surface area (Å²) in [7, 11) is 2.47. The monoisotopic (exact) mass is 237 g/mol. The average Bonchev–Trinajstić information content (AvgIpc) is 2.29. The quantitative estimate of drug-likeness (QED) is 0.446. The van der Waals surface area contributed by atoms with Crippen LogP contribution in [0.1, 0.15) is 12.8 Å². The summed E-state index contributed by atoms with van der Waals surface area (Å²) in [5, 5.41) is 0. The van der Waals surface area contributed by atoms with E-state index in [0.717, 1.165) is 25.5 Å². The molecule has 0 aromatic heterocycles. The lowest BCUT2D eigenvalue weighted by Gasteiger charge is -2.24. The molecular weight excluding hydrogens is 214 g/mol. The van der Waals surface area contributed by atoms with Crippen molar-refractivity contribution in [1.82, 2.24) is 0 Å². The molecule has 0 saturated carbocycles. The molecule has 0 rings (SSSR count). The number of nitrogens with two attached hydrogens (primary N) is 1. The Labute approximate surface area is 93.2 Å². The predicted octanol–water partition coefficient (Wildman–Crippen LogP) is 0.620. The lowest BCUT2D eigenvalue weighted by molar-refractivity contribution is 0.107. The second-order valence-electron chi connectivity index (χ2n) is 3.15. The standard InChI is InChI=1S/C9H23NO4Si/c1-11-15(12-2,13-3)9-5-8-14-7-4-6-10/h4-10H2,1-3H3. The Hall–Kier alpha value is 0.0169. The molecular formula is C9H23NO4Si. The van der Waals surface area contributed by atoms with Crippen LogP contribution in [0.3, 0.4) is 0 Å². The van der Waals surface area contributed by atoms with Gasteiger partial charge in [0.15, 0.2) is 0 Å². The van der Waals surface area contributed by atoms with Crippen molar-refractivity contribution in [2.75, 3.05) is 41.1 Å². The van der Waals surface area contributed by atoms with Gasteiger partial charge in [0.1, 0.15) is 0 Å². The summed E-state index contributed by atoms with van der Waals surface area (Å²) in [6.45, 7) is 2.09. The summed E-state index contributed by atoms with van der Waals surface area (Å²) >= 11 is 0. The Bertz CT molecular complexity index is 136. The van der Waals surface area contributed by atoms with E-state index in [1.807, 2.05) is 0 Å². The zero-order chi connectivity index (χ0) is 11.6. The van der Waals surface area contributed by atoms with Gasteiger partial charge in [0.05, 0.1) is 0 Å². The van der Waals surface area contributed by atoms with Crippen molar-refractivity contribution in [3.63, 3.8) is 0 Å². The van der Waals surface area contributed by atoms with Gasteiger partial charge in [0.25, 0.3) is 0 Å². The Morgan fingerprint density at radius 1 is 0.933 bits per heavy atom. The van der Waals surface area contributed by atoms with E-state index in [9.17, 15) is 0 Å². The zero-order valence-corrected chi connectivity index (χ0v) is 11.0. The van der Waals surface area contributed by atoms with E-state index >= 15 is 0 Å². The fraction of sp³-hybridized carbons (Fsp3) is 1.00. The molecule has 0 amide bonds. The zero-order valence-electron chi connectivity index (χ0n) is 9.95. The number of hydrogen-bond acceptors (Lipinski definition) is 5. The van der Waals surface area contributed by atoms with Crippen LogP contribution in [0.4, 0.5) is 0 Å². The van der Waals surface area contributed by atoms with Crippen molar-refractivity contribution in [1.29, 1.82) is 0 Å². The van der Waals surface area contributed by atoms with E-state index in [2.05, 4.69) is 0 Å². The third-order valence-electron chi connectivity index (χ3n) is 2.20. The molecule has 0 unspecified atom stereocenters. The maximum Gasteiger partial charge on any atom is 0.500 e. The topological polar surface area (TPSA) is 62.9 Å². The van der Waals surface area contributed by atoms with Crippen molar-refractivity contribution in [2.24, 2.45) is 5.73 Å². The fourth-order valence-corrected chi connectivity index (χ4v) is 2.92. The normalized spacial score (nSPS) is 12.0. The molecule has 0 radical (unpaired) electrons. The minimum atomic E-state index is -2.39. The van der Waals surface area contributed by atoms with Gasteiger partial charge in [-0.2, -0.15) is 0 Å². The minimum absolute atomic E-state index is 0.674. The molecule has 0 aliphatic carbocycles. The molecule has 2 N–H and O–H groups in total. The van der Waals surface area contributed by atoms with Crippen molar-refractivity contribution in [3.05, 3.63) is 0 Å². The van der Waals surface area contributed by atoms with Gasteiger partial charge in [0, 0.05) is 40.6 Å². The Balaban J connectivity index is 3.54. The van der Waals surface area contributed by atoms with Gasteiger partial charge in [-0.3, -0.25) is 0 Å².